The lowest BCUT2D eigenvalue weighted by Crippen LogP contribution is -2.54. The molecule has 2 fully saturated rings. The molecule has 1 unspecified atom stereocenters. The van der Waals surface area contributed by atoms with Crippen molar-refractivity contribution in [2.45, 2.75) is 32.2 Å². The maximum atomic E-state index is 13.0. The van der Waals surface area contributed by atoms with Gasteiger partial charge >= 0.3 is 0 Å². The Bertz CT molecular complexity index is 936. The zero-order valence-electron chi connectivity index (χ0n) is 16.4. The third kappa shape index (κ3) is 4.14. The molecule has 3 heterocycles. The molecule has 2 aromatic rings. The van der Waals surface area contributed by atoms with Gasteiger partial charge in [-0.3, -0.25) is 14.6 Å². The predicted octanol–water partition coefficient (Wildman–Crippen LogP) is 3.00. The van der Waals surface area contributed by atoms with Gasteiger partial charge in [0.1, 0.15) is 0 Å². The van der Waals surface area contributed by atoms with Gasteiger partial charge in [0.25, 0.3) is 5.91 Å². The molecule has 0 N–H and O–H groups in total. The predicted molar refractivity (Wildman–Crippen MR) is 108 cm³/mol. The Kier molecular flexibility index (Phi) is 5.30. The van der Waals surface area contributed by atoms with Gasteiger partial charge in [0.2, 0.25) is 5.91 Å². The zero-order valence-corrected chi connectivity index (χ0v) is 16.4. The maximum Gasteiger partial charge on any atom is 0.253 e. The third-order valence-corrected chi connectivity index (χ3v) is 6.08. The first-order valence-electron chi connectivity index (χ1n) is 10.0. The smallest absolute Gasteiger partial charge is 0.253 e. The summed E-state index contributed by atoms with van der Waals surface area (Å²) >= 11 is 0. The number of pyridine rings is 1. The maximum absolute atomic E-state index is 13.0. The molecule has 0 bridgehead atoms. The van der Waals surface area contributed by atoms with Crippen molar-refractivity contribution in [3.8, 4) is 6.07 Å². The van der Waals surface area contributed by atoms with Crippen molar-refractivity contribution >= 4 is 11.8 Å². The van der Waals surface area contributed by atoms with E-state index in [4.69, 9.17) is 5.26 Å². The number of nitriles is 1. The summed E-state index contributed by atoms with van der Waals surface area (Å²) in [6.07, 6.45) is 6.83. The van der Waals surface area contributed by atoms with Gasteiger partial charge in [-0.25, -0.2) is 0 Å². The Balaban J connectivity index is 1.48. The fourth-order valence-corrected chi connectivity index (χ4v) is 4.54. The Hall–Kier alpha value is -3.20. The van der Waals surface area contributed by atoms with Crippen molar-refractivity contribution in [1.82, 2.24) is 14.8 Å². The molecule has 6 heteroatoms. The largest absolute Gasteiger partial charge is 0.338 e. The van der Waals surface area contributed by atoms with Crippen LogP contribution in [-0.4, -0.2) is 46.2 Å². The van der Waals surface area contributed by atoms with Crippen LogP contribution in [0.4, 0.5) is 0 Å². The lowest BCUT2D eigenvalue weighted by Gasteiger charge is -2.48. The van der Waals surface area contributed by atoms with Gasteiger partial charge in [-0.05, 0) is 61.2 Å². The van der Waals surface area contributed by atoms with E-state index in [9.17, 15) is 9.59 Å². The van der Waals surface area contributed by atoms with Crippen molar-refractivity contribution in [1.29, 1.82) is 5.26 Å². The fraction of sp³-hybridized carbons (Fsp3) is 0.391. The van der Waals surface area contributed by atoms with E-state index in [0.717, 1.165) is 31.4 Å². The molecule has 6 nitrogen and oxygen atoms in total. The van der Waals surface area contributed by atoms with Gasteiger partial charge in [0, 0.05) is 56.0 Å². The van der Waals surface area contributed by atoms with Gasteiger partial charge < -0.3 is 9.80 Å². The standard InChI is InChI=1S/C23H24N4O2/c24-14-18-2-4-20(5-3-18)22(29)26-13-1-9-23(16-26)10-6-21(28)27(17-23)15-19-7-11-25-12-8-19/h2-5,7-8,11-12H,1,6,9-10,13,15-17H2. The molecule has 0 radical (unpaired) electrons. The average molecular weight is 388 g/mol. The van der Waals surface area contributed by atoms with Crippen LogP contribution in [-0.2, 0) is 11.3 Å². The molecule has 29 heavy (non-hydrogen) atoms. The van der Waals surface area contributed by atoms with Crippen molar-refractivity contribution < 1.29 is 9.59 Å². The van der Waals surface area contributed by atoms with Crippen LogP contribution >= 0.6 is 0 Å². The Labute approximate surface area is 170 Å². The van der Waals surface area contributed by atoms with E-state index >= 15 is 0 Å². The van der Waals surface area contributed by atoms with E-state index in [1.165, 1.54) is 0 Å². The Morgan fingerprint density at radius 3 is 2.59 bits per heavy atom. The van der Waals surface area contributed by atoms with Crippen LogP contribution in [0.2, 0.25) is 0 Å². The molecule has 2 aliphatic rings. The first kappa shape index (κ1) is 19.1. The number of hydrogen-bond donors (Lipinski definition) is 0. The van der Waals surface area contributed by atoms with E-state index in [0.29, 0.717) is 37.2 Å². The Morgan fingerprint density at radius 2 is 1.86 bits per heavy atom. The van der Waals surface area contributed by atoms with Gasteiger partial charge in [-0.1, -0.05) is 0 Å². The topological polar surface area (TPSA) is 77.3 Å². The molecule has 0 aliphatic carbocycles. The van der Waals surface area contributed by atoms with Crippen molar-refractivity contribution in [3.63, 3.8) is 0 Å². The monoisotopic (exact) mass is 388 g/mol. The molecule has 1 atom stereocenters. The van der Waals surface area contributed by atoms with E-state index < -0.39 is 0 Å². The number of benzene rings is 1. The Morgan fingerprint density at radius 1 is 1.10 bits per heavy atom. The highest BCUT2D eigenvalue weighted by molar-refractivity contribution is 5.94. The molecule has 148 valence electrons. The number of piperidine rings is 2. The summed E-state index contributed by atoms with van der Waals surface area (Å²) in [6, 6.07) is 12.8. The molecular weight excluding hydrogens is 364 g/mol. The number of hydrogen-bond acceptors (Lipinski definition) is 4. The van der Waals surface area contributed by atoms with Gasteiger partial charge in [0.15, 0.2) is 0 Å². The second-order valence-electron chi connectivity index (χ2n) is 8.12. The van der Waals surface area contributed by atoms with Gasteiger partial charge in [-0.15, -0.1) is 0 Å². The lowest BCUT2D eigenvalue weighted by molar-refractivity contribution is -0.139. The second kappa shape index (κ2) is 8.04. The highest BCUT2D eigenvalue weighted by Crippen LogP contribution is 2.39. The summed E-state index contributed by atoms with van der Waals surface area (Å²) in [6.45, 7) is 2.68. The molecule has 0 saturated carbocycles. The van der Waals surface area contributed by atoms with Crippen LogP contribution in [0.3, 0.4) is 0 Å². The molecule has 1 aromatic heterocycles. The summed E-state index contributed by atoms with van der Waals surface area (Å²) in [5, 5.41) is 8.95. The molecule has 1 aromatic carbocycles. The minimum atomic E-state index is -0.0402. The van der Waals surface area contributed by atoms with Crippen LogP contribution in [0.5, 0.6) is 0 Å². The summed E-state index contributed by atoms with van der Waals surface area (Å²) in [4.78, 5) is 33.4. The number of aromatic nitrogens is 1. The number of carbonyl (C=O) groups is 2. The van der Waals surface area contributed by atoms with E-state index in [1.807, 2.05) is 21.9 Å². The SMILES string of the molecule is N#Cc1ccc(C(=O)N2CCCC3(CCC(=O)N(Cc4ccncc4)C3)C2)cc1. The molecule has 4 rings (SSSR count). The van der Waals surface area contributed by atoms with Crippen molar-refractivity contribution in [2.75, 3.05) is 19.6 Å². The first-order valence-corrected chi connectivity index (χ1v) is 10.0. The number of likely N-dealkylation sites (tertiary alicyclic amines) is 2. The minimum Gasteiger partial charge on any atom is -0.338 e. The van der Waals surface area contributed by atoms with Crippen LogP contribution in [0.25, 0.3) is 0 Å². The third-order valence-electron chi connectivity index (χ3n) is 6.08. The van der Waals surface area contributed by atoms with Gasteiger partial charge in [0.05, 0.1) is 11.6 Å². The van der Waals surface area contributed by atoms with Crippen molar-refractivity contribution in [3.05, 3.63) is 65.5 Å². The van der Waals surface area contributed by atoms with E-state index in [-0.39, 0.29) is 17.2 Å². The summed E-state index contributed by atoms with van der Waals surface area (Å²) in [7, 11) is 0. The highest BCUT2D eigenvalue weighted by Gasteiger charge is 2.42. The molecular formula is C23H24N4O2. The second-order valence-corrected chi connectivity index (χ2v) is 8.12. The number of nitrogens with zero attached hydrogens (tertiary/aromatic N) is 4. The molecule has 2 aliphatic heterocycles. The van der Waals surface area contributed by atoms with E-state index in [1.54, 1.807) is 36.7 Å². The molecule has 2 amide bonds. The van der Waals surface area contributed by atoms with Crippen LogP contribution < -0.4 is 0 Å². The molecule has 2 saturated heterocycles. The van der Waals surface area contributed by atoms with E-state index in [2.05, 4.69) is 11.1 Å². The summed E-state index contributed by atoms with van der Waals surface area (Å²) in [5.41, 5.74) is 2.20. The fourth-order valence-electron chi connectivity index (χ4n) is 4.54. The average Bonchev–Trinajstić information content (AvgIpc) is 2.77. The van der Waals surface area contributed by atoms with Crippen LogP contribution in [0, 0.1) is 16.7 Å². The summed E-state index contributed by atoms with van der Waals surface area (Å²) < 4.78 is 0. The van der Waals surface area contributed by atoms with Crippen LogP contribution in [0.1, 0.15) is 47.2 Å². The van der Waals surface area contributed by atoms with Crippen LogP contribution in [0.15, 0.2) is 48.8 Å². The highest BCUT2D eigenvalue weighted by atomic mass is 16.2. The first-order chi connectivity index (χ1) is 14.1. The number of carbonyl (C=O) groups excluding carboxylic acids is 2. The zero-order chi connectivity index (χ0) is 20.3. The summed E-state index contributed by atoms with van der Waals surface area (Å²) in [5.74, 6) is 0.189. The van der Waals surface area contributed by atoms with Crippen molar-refractivity contribution in [2.24, 2.45) is 5.41 Å². The minimum absolute atomic E-state index is 0.00569. The molecule has 1 spiro atoms. The lowest BCUT2D eigenvalue weighted by atomic mass is 9.73. The quantitative estimate of drug-likeness (QED) is 0.810. The number of rotatable bonds is 3. The number of amides is 2. The van der Waals surface area contributed by atoms with Gasteiger partial charge in [-0.2, -0.15) is 5.26 Å². The normalized spacial score (nSPS) is 21.8.